The third-order valence-corrected chi connectivity index (χ3v) is 6.03. The van der Waals surface area contributed by atoms with Crippen LogP contribution in [0.3, 0.4) is 0 Å². The minimum absolute atomic E-state index is 0.133. The van der Waals surface area contributed by atoms with E-state index >= 15 is 0 Å². The number of benzene rings is 2. The number of amides is 1. The molecule has 0 bridgehead atoms. The molecule has 1 aliphatic carbocycles. The molecule has 1 heterocycles. The van der Waals surface area contributed by atoms with Crippen molar-refractivity contribution in [2.45, 2.75) is 45.1 Å². The van der Waals surface area contributed by atoms with E-state index in [1.54, 1.807) is 6.92 Å². The first-order chi connectivity index (χ1) is 16.5. The van der Waals surface area contributed by atoms with Gasteiger partial charge in [0.2, 0.25) is 0 Å². The minimum atomic E-state index is -0.510. The Bertz CT molecular complexity index is 1170. The molecule has 0 spiro atoms. The highest BCUT2D eigenvalue weighted by atomic mass is 19.1. The molecule has 0 atom stereocenters. The number of imidazole rings is 1. The zero-order chi connectivity index (χ0) is 24.1. The van der Waals surface area contributed by atoms with Crippen molar-refractivity contribution in [1.29, 1.82) is 0 Å². The molecule has 2 aromatic carbocycles. The van der Waals surface area contributed by atoms with E-state index in [1.807, 2.05) is 24.3 Å². The maximum Gasteiger partial charge on any atom is 0.357 e. The van der Waals surface area contributed by atoms with Gasteiger partial charge in [-0.25, -0.2) is 14.2 Å². The van der Waals surface area contributed by atoms with Gasteiger partial charge in [0, 0.05) is 18.0 Å². The number of esters is 1. The van der Waals surface area contributed by atoms with Crippen LogP contribution in [0.4, 0.5) is 4.39 Å². The van der Waals surface area contributed by atoms with E-state index in [0.29, 0.717) is 23.1 Å². The molecule has 1 aliphatic rings. The largest absolute Gasteiger partial charge is 0.496 e. The van der Waals surface area contributed by atoms with E-state index in [2.05, 4.69) is 10.3 Å². The maximum absolute atomic E-state index is 13.6. The number of hydrogen-bond donors (Lipinski definition) is 2. The monoisotopic (exact) mass is 465 g/mol. The molecule has 8 heteroatoms. The van der Waals surface area contributed by atoms with Crippen LogP contribution in [0.25, 0.3) is 11.3 Å². The predicted molar refractivity (Wildman–Crippen MR) is 125 cm³/mol. The molecule has 7 nitrogen and oxygen atoms in total. The molecule has 1 saturated carbocycles. The number of rotatable bonds is 8. The number of carbonyl (C=O) groups excluding carboxylic acids is 2. The molecule has 0 unspecified atom stereocenters. The molecule has 178 valence electrons. The van der Waals surface area contributed by atoms with Crippen LogP contribution < -0.4 is 10.1 Å². The second-order valence-electron chi connectivity index (χ2n) is 8.27. The zero-order valence-corrected chi connectivity index (χ0v) is 19.3. The number of aromatic nitrogens is 2. The lowest BCUT2D eigenvalue weighted by molar-refractivity contribution is 0.0520. The lowest BCUT2D eigenvalue weighted by Gasteiger charge is -2.10. The summed E-state index contributed by atoms with van der Waals surface area (Å²) in [7, 11) is 1.43. The molecule has 0 saturated heterocycles. The molecule has 34 heavy (non-hydrogen) atoms. The average Bonchev–Trinajstić information content (AvgIpc) is 3.53. The molecule has 4 rings (SSSR count). The van der Waals surface area contributed by atoms with Crippen molar-refractivity contribution < 1.29 is 23.5 Å². The summed E-state index contributed by atoms with van der Waals surface area (Å²) < 4.78 is 24.0. The number of H-pyrrole nitrogens is 1. The van der Waals surface area contributed by atoms with E-state index in [-0.39, 0.29) is 18.7 Å². The standard InChI is InChI=1S/C26H28FN3O4/c1-3-34-26(32)23-22(29-24(30-23)18-6-4-5-7-18)17-10-8-16(9-11-17)15-28-25(31)20-14-19(27)12-13-21(20)33-2/h8-14,18H,3-7,15H2,1-2H3,(H,28,31)(H,29,30). The van der Waals surface area contributed by atoms with Gasteiger partial charge in [-0.15, -0.1) is 0 Å². The fraction of sp³-hybridized carbons (Fsp3) is 0.346. The van der Waals surface area contributed by atoms with Gasteiger partial charge in [0.1, 0.15) is 23.1 Å². The van der Waals surface area contributed by atoms with E-state index in [1.165, 1.54) is 19.2 Å². The second kappa shape index (κ2) is 10.5. The van der Waals surface area contributed by atoms with Crippen LogP contribution in [-0.4, -0.2) is 35.6 Å². The second-order valence-corrected chi connectivity index (χ2v) is 8.27. The summed E-state index contributed by atoms with van der Waals surface area (Å²) in [5, 5.41) is 2.78. The number of ether oxygens (including phenoxy) is 2. The Kier molecular flexibility index (Phi) is 7.25. The van der Waals surface area contributed by atoms with E-state index in [0.717, 1.165) is 48.7 Å². The third kappa shape index (κ3) is 5.11. The highest BCUT2D eigenvalue weighted by Crippen LogP contribution is 2.35. The topological polar surface area (TPSA) is 93.3 Å². The summed E-state index contributed by atoms with van der Waals surface area (Å²) in [4.78, 5) is 33.0. The Balaban J connectivity index is 1.50. The number of aromatic amines is 1. The summed E-state index contributed by atoms with van der Waals surface area (Å²) in [6, 6.07) is 11.3. The Morgan fingerprint density at radius 2 is 1.88 bits per heavy atom. The van der Waals surface area contributed by atoms with Gasteiger partial charge in [-0.05, 0) is 43.5 Å². The summed E-state index contributed by atoms with van der Waals surface area (Å²) >= 11 is 0. The highest BCUT2D eigenvalue weighted by Gasteiger charge is 2.26. The van der Waals surface area contributed by atoms with E-state index < -0.39 is 17.7 Å². The molecule has 3 aromatic rings. The smallest absolute Gasteiger partial charge is 0.357 e. The molecule has 1 amide bonds. The predicted octanol–water partition coefficient (Wildman–Crippen LogP) is 4.99. The van der Waals surface area contributed by atoms with Crippen molar-refractivity contribution in [3.63, 3.8) is 0 Å². The van der Waals surface area contributed by atoms with Crippen LogP contribution in [-0.2, 0) is 11.3 Å². The van der Waals surface area contributed by atoms with Crippen molar-refractivity contribution in [2.24, 2.45) is 0 Å². The fourth-order valence-electron chi connectivity index (χ4n) is 4.26. The molecular weight excluding hydrogens is 437 g/mol. The lowest BCUT2D eigenvalue weighted by Crippen LogP contribution is -2.23. The molecule has 1 fully saturated rings. The number of nitrogens with one attached hydrogen (secondary N) is 2. The summed E-state index contributed by atoms with van der Waals surface area (Å²) in [5.74, 6) is 0.0985. The van der Waals surface area contributed by atoms with Gasteiger partial charge in [-0.1, -0.05) is 37.1 Å². The van der Waals surface area contributed by atoms with Gasteiger partial charge in [-0.2, -0.15) is 0 Å². The first-order valence-electron chi connectivity index (χ1n) is 11.5. The van der Waals surface area contributed by atoms with Gasteiger partial charge in [0.15, 0.2) is 5.69 Å². The summed E-state index contributed by atoms with van der Waals surface area (Å²) in [5.41, 5.74) is 2.69. The average molecular weight is 466 g/mol. The zero-order valence-electron chi connectivity index (χ0n) is 19.3. The van der Waals surface area contributed by atoms with Crippen LogP contribution in [0.1, 0.15) is 70.8 Å². The van der Waals surface area contributed by atoms with Crippen molar-refractivity contribution in [2.75, 3.05) is 13.7 Å². The van der Waals surface area contributed by atoms with Crippen molar-refractivity contribution in [1.82, 2.24) is 15.3 Å². The molecule has 0 radical (unpaired) electrons. The van der Waals surface area contributed by atoms with Gasteiger partial charge in [0.25, 0.3) is 5.91 Å². The Labute approximate surface area is 197 Å². The summed E-state index contributed by atoms with van der Waals surface area (Å²) in [6.07, 6.45) is 4.45. The summed E-state index contributed by atoms with van der Waals surface area (Å²) in [6.45, 7) is 2.30. The maximum atomic E-state index is 13.6. The van der Waals surface area contributed by atoms with Crippen LogP contribution in [0.5, 0.6) is 5.75 Å². The number of methoxy groups -OCH3 is 1. The molecule has 0 aliphatic heterocycles. The van der Waals surface area contributed by atoms with Gasteiger partial charge >= 0.3 is 5.97 Å². The Morgan fingerprint density at radius 3 is 2.56 bits per heavy atom. The van der Waals surface area contributed by atoms with Crippen molar-refractivity contribution in [3.05, 3.63) is 70.9 Å². The number of carbonyl (C=O) groups is 2. The Morgan fingerprint density at radius 1 is 1.15 bits per heavy atom. The van der Waals surface area contributed by atoms with Crippen molar-refractivity contribution in [3.8, 4) is 17.0 Å². The quantitative estimate of drug-likeness (QED) is 0.457. The van der Waals surface area contributed by atoms with Gasteiger partial charge in [0.05, 0.1) is 19.3 Å². The highest BCUT2D eigenvalue weighted by molar-refractivity contribution is 5.97. The first-order valence-corrected chi connectivity index (χ1v) is 11.5. The molecule has 2 N–H and O–H groups in total. The third-order valence-electron chi connectivity index (χ3n) is 6.03. The van der Waals surface area contributed by atoms with Gasteiger partial charge in [-0.3, -0.25) is 4.79 Å². The number of halogens is 1. The first kappa shape index (κ1) is 23.5. The fourth-order valence-corrected chi connectivity index (χ4v) is 4.26. The number of hydrogen-bond acceptors (Lipinski definition) is 5. The minimum Gasteiger partial charge on any atom is -0.496 e. The van der Waals surface area contributed by atoms with Crippen LogP contribution in [0.15, 0.2) is 42.5 Å². The van der Waals surface area contributed by atoms with Crippen molar-refractivity contribution >= 4 is 11.9 Å². The Hall–Kier alpha value is -3.68. The molecule has 1 aromatic heterocycles. The number of nitrogens with zero attached hydrogens (tertiary/aromatic N) is 1. The van der Waals surface area contributed by atoms with E-state index in [9.17, 15) is 14.0 Å². The van der Waals surface area contributed by atoms with Crippen LogP contribution >= 0.6 is 0 Å². The van der Waals surface area contributed by atoms with Crippen LogP contribution in [0, 0.1) is 5.82 Å². The van der Waals surface area contributed by atoms with Gasteiger partial charge < -0.3 is 19.8 Å². The van der Waals surface area contributed by atoms with E-state index in [4.69, 9.17) is 14.5 Å². The van der Waals surface area contributed by atoms with Crippen LogP contribution in [0.2, 0.25) is 0 Å². The lowest BCUT2D eigenvalue weighted by atomic mass is 10.1. The SMILES string of the molecule is CCOC(=O)c1[nH]c(C2CCCC2)nc1-c1ccc(CNC(=O)c2cc(F)ccc2OC)cc1. The normalized spacial score (nSPS) is 13.6. The molecular formula is C26H28FN3O4.